The summed E-state index contributed by atoms with van der Waals surface area (Å²) in [5.41, 5.74) is 2.50. The summed E-state index contributed by atoms with van der Waals surface area (Å²) in [6.07, 6.45) is 5.12. The second kappa shape index (κ2) is 9.51. The van der Waals surface area contributed by atoms with Gasteiger partial charge in [0.2, 0.25) is 0 Å². The maximum Gasteiger partial charge on any atom is 0.407 e. The Balaban J connectivity index is 1.42. The summed E-state index contributed by atoms with van der Waals surface area (Å²) in [7, 11) is 0. The van der Waals surface area contributed by atoms with Crippen LogP contribution >= 0.6 is 0 Å². The van der Waals surface area contributed by atoms with E-state index in [0.717, 1.165) is 34.9 Å². The van der Waals surface area contributed by atoms with Gasteiger partial charge in [-0.25, -0.2) is 19.0 Å². The van der Waals surface area contributed by atoms with Gasteiger partial charge in [0.25, 0.3) is 5.56 Å². The SMILES string of the molecule is CC[C@@]1(O)C(=O)OCc2c1cc1n(c2=O)Cc2c-1nc1cc(F)c(/C=C/CNC(=O)OC(C)(C)C)c3c1c2CCC3. The molecule has 0 saturated heterocycles. The van der Waals surface area contributed by atoms with Crippen LogP contribution in [0.1, 0.15) is 73.9 Å². The van der Waals surface area contributed by atoms with E-state index in [9.17, 15) is 19.5 Å². The fourth-order valence-electron chi connectivity index (χ4n) is 6.19. The molecule has 41 heavy (non-hydrogen) atoms. The Morgan fingerprint density at radius 1 is 1.22 bits per heavy atom. The minimum absolute atomic E-state index is 0.0587. The van der Waals surface area contributed by atoms with Crippen molar-refractivity contribution in [3.05, 3.63) is 67.8 Å². The fourth-order valence-corrected chi connectivity index (χ4v) is 6.19. The Morgan fingerprint density at radius 3 is 2.71 bits per heavy atom. The maximum atomic E-state index is 15.5. The van der Waals surface area contributed by atoms with Gasteiger partial charge in [-0.05, 0) is 63.6 Å². The number of benzene rings is 1. The molecule has 1 atom stereocenters. The van der Waals surface area contributed by atoms with Crippen LogP contribution in [0.15, 0.2) is 23.0 Å². The Bertz CT molecular complexity index is 1740. The first-order chi connectivity index (χ1) is 19.4. The third kappa shape index (κ3) is 4.32. The van der Waals surface area contributed by atoms with Crippen molar-refractivity contribution in [2.75, 3.05) is 6.54 Å². The number of nitrogens with one attached hydrogen (secondary N) is 1. The normalized spacial score (nSPS) is 19.1. The van der Waals surface area contributed by atoms with Crippen molar-refractivity contribution < 1.29 is 28.6 Å². The highest BCUT2D eigenvalue weighted by Gasteiger charge is 2.45. The van der Waals surface area contributed by atoms with Crippen LogP contribution in [0.5, 0.6) is 0 Å². The summed E-state index contributed by atoms with van der Waals surface area (Å²) >= 11 is 0. The first-order valence-corrected chi connectivity index (χ1v) is 13.9. The predicted octanol–water partition coefficient (Wildman–Crippen LogP) is 4.25. The molecule has 214 valence electrons. The molecular weight excluding hydrogens is 529 g/mol. The molecule has 2 aromatic heterocycles. The average molecular weight is 562 g/mol. The molecule has 1 amide bonds. The van der Waals surface area contributed by atoms with Gasteiger partial charge in [-0.1, -0.05) is 19.1 Å². The molecule has 0 bridgehead atoms. The molecule has 3 aromatic rings. The molecule has 4 heterocycles. The van der Waals surface area contributed by atoms with E-state index in [1.807, 2.05) is 0 Å². The summed E-state index contributed by atoms with van der Waals surface area (Å²) in [4.78, 5) is 42.8. The zero-order valence-corrected chi connectivity index (χ0v) is 23.5. The first-order valence-electron chi connectivity index (χ1n) is 13.9. The molecule has 0 unspecified atom stereocenters. The van der Waals surface area contributed by atoms with Crippen LogP contribution < -0.4 is 10.9 Å². The van der Waals surface area contributed by atoms with Gasteiger partial charge in [-0.3, -0.25) is 4.79 Å². The Kier molecular flexibility index (Phi) is 6.29. The van der Waals surface area contributed by atoms with E-state index in [4.69, 9.17) is 14.5 Å². The van der Waals surface area contributed by atoms with Gasteiger partial charge in [0.05, 0.1) is 29.0 Å². The van der Waals surface area contributed by atoms with E-state index in [1.54, 1.807) is 50.5 Å². The van der Waals surface area contributed by atoms with Crippen molar-refractivity contribution >= 4 is 29.0 Å². The van der Waals surface area contributed by atoms with Crippen LogP contribution in [0, 0.1) is 5.82 Å². The van der Waals surface area contributed by atoms with E-state index in [-0.39, 0.29) is 36.3 Å². The lowest BCUT2D eigenvalue weighted by molar-refractivity contribution is -0.172. The number of aromatic nitrogens is 2. The number of hydrogen-bond acceptors (Lipinski definition) is 7. The number of rotatable bonds is 4. The number of hydrogen-bond donors (Lipinski definition) is 2. The Hall–Kier alpha value is -4.05. The number of ether oxygens (including phenoxy) is 2. The molecule has 2 aliphatic heterocycles. The molecule has 0 radical (unpaired) electrons. The van der Waals surface area contributed by atoms with Crippen molar-refractivity contribution in [2.24, 2.45) is 0 Å². The van der Waals surface area contributed by atoms with Gasteiger partial charge in [0.1, 0.15) is 18.0 Å². The molecule has 6 rings (SSSR count). The fraction of sp³-hybridized carbons (Fsp3) is 0.419. The highest BCUT2D eigenvalue weighted by Crippen LogP contribution is 2.43. The molecule has 0 spiro atoms. The van der Waals surface area contributed by atoms with E-state index in [2.05, 4.69) is 5.32 Å². The summed E-state index contributed by atoms with van der Waals surface area (Å²) in [6.45, 7) is 7.29. The number of aryl methyl sites for hydroxylation is 2. The van der Waals surface area contributed by atoms with E-state index in [1.165, 1.54) is 6.07 Å². The minimum atomic E-state index is -1.91. The van der Waals surface area contributed by atoms with Crippen molar-refractivity contribution in [3.8, 4) is 11.4 Å². The minimum Gasteiger partial charge on any atom is -0.458 e. The number of alkyl carbamates (subject to hydrolysis) is 1. The van der Waals surface area contributed by atoms with Crippen LogP contribution in [0.2, 0.25) is 0 Å². The predicted molar refractivity (Wildman–Crippen MR) is 150 cm³/mol. The first kappa shape index (κ1) is 27.1. The van der Waals surface area contributed by atoms with Crippen LogP contribution in [-0.4, -0.2) is 38.9 Å². The van der Waals surface area contributed by atoms with Crippen LogP contribution in [0.3, 0.4) is 0 Å². The van der Waals surface area contributed by atoms with Crippen LogP contribution in [-0.2, 0) is 45.9 Å². The van der Waals surface area contributed by atoms with Crippen LogP contribution in [0.25, 0.3) is 28.4 Å². The van der Waals surface area contributed by atoms with E-state index in [0.29, 0.717) is 35.4 Å². The zero-order valence-electron chi connectivity index (χ0n) is 23.5. The van der Waals surface area contributed by atoms with Gasteiger partial charge in [-0.2, -0.15) is 0 Å². The third-order valence-electron chi connectivity index (χ3n) is 8.09. The number of cyclic esters (lactones) is 1. The molecule has 3 aliphatic rings. The van der Waals surface area contributed by atoms with Gasteiger partial charge < -0.3 is 24.5 Å². The quantitative estimate of drug-likeness (QED) is 0.358. The van der Waals surface area contributed by atoms with Crippen LogP contribution in [0.4, 0.5) is 9.18 Å². The molecule has 0 fully saturated rings. The zero-order chi connectivity index (χ0) is 29.3. The number of carbonyl (C=O) groups is 2. The molecule has 1 aromatic carbocycles. The van der Waals surface area contributed by atoms with E-state index < -0.39 is 29.1 Å². The number of amides is 1. The van der Waals surface area contributed by atoms with Crippen molar-refractivity contribution in [1.82, 2.24) is 14.9 Å². The second-order valence-electron chi connectivity index (χ2n) is 11.8. The standard InChI is InChI=1S/C31H32FN3O6/c1-5-31(39)21-12-24-26-19(14-35(24)27(36)20(21)15-40-28(31)37)18-9-6-8-17-16(22(32)13-23(34-26)25(17)18)10-7-11-33-29(38)41-30(2,3)4/h7,10,12-13,39H,5-6,8-9,11,14-15H2,1-4H3,(H,33,38)/b10-7+/t31-/m0/s1. The number of carbonyl (C=O) groups excluding carboxylic acids is 2. The van der Waals surface area contributed by atoms with Crippen molar-refractivity contribution in [3.63, 3.8) is 0 Å². The third-order valence-corrected chi connectivity index (χ3v) is 8.09. The largest absolute Gasteiger partial charge is 0.458 e. The number of halogens is 1. The summed E-state index contributed by atoms with van der Waals surface area (Å²) < 4.78 is 27.5. The van der Waals surface area contributed by atoms with Gasteiger partial charge in [0, 0.05) is 34.7 Å². The van der Waals surface area contributed by atoms with Gasteiger partial charge in [-0.15, -0.1) is 0 Å². The second-order valence-corrected chi connectivity index (χ2v) is 11.8. The van der Waals surface area contributed by atoms with Gasteiger partial charge >= 0.3 is 12.1 Å². The van der Waals surface area contributed by atoms with Crippen molar-refractivity contribution in [1.29, 1.82) is 0 Å². The number of esters is 1. The Morgan fingerprint density at radius 2 is 1.98 bits per heavy atom. The highest BCUT2D eigenvalue weighted by atomic mass is 19.1. The topological polar surface area (TPSA) is 120 Å². The molecule has 9 nitrogen and oxygen atoms in total. The molecule has 10 heteroatoms. The number of aliphatic hydroxyl groups is 1. The van der Waals surface area contributed by atoms with E-state index >= 15 is 4.39 Å². The summed E-state index contributed by atoms with van der Waals surface area (Å²) in [5, 5.41) is 14.7. The molecule has 0 saturated carbocycles. The number of nitrogens with zero attached hydrogens (tertiary/aromatic N) is 2. The lowest BCUT2D eigenvalue weighted by Crippen LogP contribution is -2.44. The summed E-state index contributed by atoms with van der Waals surface area (Å²) in [5.74, 6) is -1.20. The molecule has 1 aliphatic carbocycles. The monoisotopic (exact) mass is 561 g/mol. The number of pyridine rings is 2. The summed E-state index contributed by atoms with van der Waals surface area (Å²) in [6, 6.07) is 3.08. The smallest absolute Gasteiger partial charge is 0.407 e. The Labute approximate surface area is 236 Å². The lowest BCUT2D eigenvalue weighted by Gasteiger charge is -2.31. The lowest BCUT2D eigenvalue weighted by atomic mass is 9.84. The molecule has 2 N–H and O–H groups in total. The highest BCUT2D eigenvalue weighted by molar-refractivity contribution is 5.94. The van der Waals surface area contributed by atoms with Gasteiger partial charge in [0.15, 0.2) is 5.60 Å². The van der Waals surface area contributed by atoms with Crippen molar-refractivity contribution in [2.45, 2.75) is 77.7 Å². The average Bonchev–Trinajstić information content (AvgIpc) is 3.28. The maximum absolute atomic E-state index is 15.5. The molecular formula is C31H32FN3O6. The number of fused-ring (bicyclic) bond motifs is 5.